The van der Waals surface area contributed by atoms with Crippen LogP contribution >= 0.6 is 0 Å². The van der Waals surface area contributed by atoms with Crippen molar-refractivity contribution in [2.24, 2.45) is 11.8 Å². The first-order valence-electron chi connectivity index (χ1n) is 4.88. The predicted octanol–water partition coefficient (Wildman–Crippen LogP) is 2.58. The molecule has 0 aromatic heterocycles. The van der Waals surface area contributed by atoms with Gasteiger partial charge in [-0.3, -0.25) is 0 Å². The van der Waals surface area contributed by atoms with Gasteiger partial charge < -0.3 is 5.11 Å². The van der Waals surface area contributed by atoms with Crippen molar-refractivity contribution in [2.45, 2.75) is 52.1 Å². The van der Waals surface area contributed by atoms with Gasteiger partial charge in [0.25, 0.3) is 0 Å². The van der Waals surface area contributed by atoms with E-state index in [4.69, 9.17) is 0 Å². The maximum atomic E-state index is 9.72. The molecule has 0 amide bonds. The fourth-order valence-electron chi connectivity index (χ4n) is 2.02. The van der Waals surface area contributed by atoms with Crippen molar-refractivity contribution in [1.29, 1.82) is 0 Å². The maximum absolute atomic E-state index is 9.72. The molecule has 0 aromatic carbocycles. The van der Waals surface area contributed by atoms with Crippen molar-refractivity contribution in [1.82, 2.24) is 0 Å². The Hall–Kier alpha value is -0.0400. The summed E-state index contributed by atoms with van der Waals surface area (Å²) in [6, 6.07) is 0. The Kier molecular flexibility index (Phi) is 3.38. The first-order chi connectivity index (χ1) is 5.20. The molecular formula is C10H20O. The van der Waals surface area contributed by atoms with E-state index in [1.807, 2.05) is 0 Å². The highest BCUT2D eigenvalue weighted by atomic mass is 16.3. The molecule has 1 aliphatic rings. The second kappa shape index (κ2) is 4.10. The van der Waals surface area contributed by atoms with E-state index in [0.717, 1.165) is 6.42 Å². The molecule has 1 nitrogen and oxygen atoms in total. The summed E-state index contributed by atoms with van der Waals surface area (Å²) in [5.41, 5.74) is 0. The van der Waals surface area contributed by atoms with E-state index in [2.05, 4.69) is 13.8 Å². The highest BCUT2D eigenvalue weighted by Crippen LogP contribution is 2.29. The Morgan fingerprint density at radius 1 is 1.27 bits per heavy atom. The molecule has 0 saturated heterocycles. The monoisotopic (exact) mass is 156 g/mol. The van der Waals surface area contributed by atoms with Gasteiger partial charge in [-0.25, -0.2) is 0 Å². The van der Waals surface area contributed by atoms with E-state index < -0.39 is 0 Å². The summed E-state index contributed by atoms with van der Waals surface area (Å²) in [4.78, 5) is 0. The zero-order valence-corrected chi connectivity index (χ0v) is 7.71. The molecule has 0 bridgehead atoms. The lowest BCUT2D eigenvalue weighted by atomic mass is 9.93. The summed E-state index contributed by atoms with van der Waals surface area (Å²) in [5.74, 6) is 1.27. The molecular weight excluding hydrogens is 136 g/mol. The Balaban J connectivity index is 2.22. The van der Waals surface area contributed by atoms with E-state index >= 15 is 0 Å². The van der Waals surface area contributed by atoms with Crippen LogP contribution < -0.4 is 0 Å². The summed E-state index contributed by atoms with van der Waals surface area (Å²) >= 11 is 0. The standard InChI is InChI=1S/C10H20O/c1-8(2)7-10(11)9-5-3-4-6-9/h8-11H,3-7H2,1-2H3/t10-/m1/s1. The molecule has 0 spiro atoms. The summed E-state index contributed by atoms with van der Waals surface area (Å²) in [7, 11) is 0. The highest BCUT2D eigenvalue weighted by Gasteiger charge is 2.23. The normalized spacial score (nSPS) is 22.9. The summed E-state index contributed by atoms with van der Waals surface area (Å²) in [6.07, 6.45) is 6.16. The number of hydrogen-bond acceptors (Lipinski definition) is 1. The van der Waals surface area contributed by atoms with Gasteiger partial charge in [0.15, 0.2) is 0 Å². The molecule has 0 heterocycles. The van der Waals surface area contributed by atoms with Crippen LogP contribution in [0.4, 0.5) is 0 Å². The van der Waals surface area contributed by atoms with Gasteiger partial charge in [0.05, 0.1) is 6.10 Å². The summed E-state index contributed by atoms with van der Waals surface area (Å²) < 4.78 is 0. The Bertz CT molecular complexity index is 103. The van der Waals surface area contributed by atoms with Gasteiger partial charge in [-0.15, -0.1) is 0 Å². The molecule has 0 aromatic rings. The molecule has 1 saturated carbocycles. The van der Waals surface area contributed by atoms with E-state index in [1.165, 1.54) is 25.7 Å². The van der Waals surface area contributed by atoms with E-state index in [9.17, 15) is 5.11 Å². The minimum atomic E-state index is -0.0162. The third-order valence-electron chi connectivity index (χ3n) is 2.66. The van der Waals surface area contributed by atoms with Crippen molar-refractivity contribution < 1.29 is 5.11 Å². The fourth-order valence-corrected chi connectivity index (χ4v) is 2.02. The van der Waals surface area contributed by atoms with Gasteiger partial charge in [0.2, 0.25) is 0 Å². The second-order valence-corrected chi connectivity index (χ2v) is 4.24. The molecule has 0 unspecified atom stereocenters. The van der Waals surface area contributed by atoms with Crippen LogP contribution in [0.5, 0.6) is 0 Å². The van der Waals surface area contributed by atoms with Gasteiger partial charge in [0, 0.05) is 0 Å². The van der Waals surface area contributed by atoms with Gasteiger partial charge in [-0.2, -0.15) is 0 Å². The topological polar surface area (TPSA) is 20.2 Å². The first-order valence-corrected chi connectivity index (χ1v) is 4.88. The average Bonchev–Trinajstić information content (AvgIpc) is 2.35. The van der Waals surface area contributed by atoms with Crippen molar-refractivity contribution in [3.63, 3.8) is 0 Å². The Morgan fingerprint density at radius 2 is 1.82 bits per heavy atom. The molecule has 66 valence electrons. The largest absolute Gasteiger partial charge is 0.393 e. The SMILES string of the molecule is CC(C)C[C@@H](O)C1CCCC1. The van der Waals surface area contributed by atoms with Gasteiger partial charge in [-0.1, -0.05) is 26.7 Å². The van der Waals surface area contributed by atoms with Crippen LogP contribution in [0.25, 0.3) is 0 Å². The minimum absolute atomic E-state index is 0.0162. The quantitative estimate of drug-likeness (QED) is 0.666. The van der Waals surface area contributed by atoms with Crippen LogP contribution in [0.2, 0.25) is 0 Å². The smallest absolute Gasteiger partial charge is 0.0570 e. The Morgan fingerprint density at radius 3 is 2.27 bits per heavy atom. The number of rotatable bonds is 3. The van der Waals surface area contributed by atoms with Crippen LogP contribution in [0.3, 0.4) is 0 Å². The van der Waals surface area contributed by atoms with Crippen LogP contribution in [0.15, 0.2) is 0 Å². The molecule has 1 heteroatoms. The predicted molar refractivity (Wildman–Crippen MR) is 47.4 cm³/mol. The molecule has 1 N–H and O–H groups in total. The molecule has 0 aliphatic heterocycles. The molecule has 1 fully saturated rings. The average molecular weight is 156 g/mol. The Labute approximate surface area is 69.8 Å². The van der Waals surface area contributed by atoms with Gasteiger partial charge in [0.1, 0.15) is 0 Å². The van der Waals surface area contributed by atoms with Crippen molar-refractivity contribution in [3.8, 4) is 0 Å². The summed E-state index contributed by atoms with van der Waals surface area (Å²) in [5, 5.41) is 9.72. The number of aliphatic hydroxyl groups excluding tert-OH is 1. The van der Waals surface area contributed by atoms with E-state index in [1.54, 1.807) is 0 Å². The second-order valence-electron chi connectivity index (χ2n) is 4.24. The third-order valence-corrected chi connectivity index (χ3v) is 2.66. The molecule has 1 aliphatic carbocycles. The lowest BCUT2D eigenvalue weighted by Gasteiger charge is -2.19. The van der Waals surface area contributed by atoms with E-state index in [0.29, 0.717) is 11.8 Å². The zero-order chi connectivity index (χ0) is 8.27. The number of aliphatic hydroxyl groups is 1. The number of hydrogen-bond donors (Lipinski definition) is 1. The van der Waals surface area contributed by atoms with Crippen molar-refractivity contribution in [2.75, 3.05) is 0 Å². The molecule has 1 rings (SSSR count). The lowest BCUT2D eigenvalue weighted by Crippen LogP contribution is -2.19. The first kappa shape index (κ1) is 9.05. The van der Waals surface area contributed by atoms with E-state index in [-0.39, 0.29) is 6.10 Å². The van der Waals surface area contributed by atoms with Crippen LogP contribution in [-0.4, -0.2) is 11.2 Å². The van der Waals surface area contributed by atoms with Gasteiger partial charge in [-0.05, 0) is 31.1 Å². The lowest BCUT2D eigenvalue weighted by molar-refractivity contribution is 0.0893. The highest BCUT2D eigenvalue weighted by molar-refractivity contribution is 4.75. The summed E-state index contributed by atoms with van der Waals surface area (Å²) in [6.45, 7) is 4.36. The van der Waals surface area contributed by atoms with Crippen LogP contribution in [0.1, 0.15) is 46.0 Å². The fraction of sp³-hybridized carbons (Fsp3) is 1.00. The maximum Gasteiger partial charge on any atom is 0.0570 e. The molecule has 11 heavy (non-hydrogen) atoms. The van der Waals surface area contributed by atoms with Gasteiger partial charge >= 0.3 is 0 Å². The van der Waals surface area contributed by atoms with Crippen LogP contribution in [-0.2, 0) is 0 Å². The minimum Gasteiger partial charge on any atom is -0.393 e. The van der Waals surface area contributed by atoms with Crippen molar-refractivity contribution in [3.05, 3.63) is 0 Å². The zero-order valence-electron chi connectivity index (χ0n) is 7.71. The molecule has 0 radical (unpaired) electrons. The van der Waals surface area contributed by atoms with Crippen LogP contribution in [0, 0.1) is 11.8 Å². The third kappa shape index (κ3) is 2.82. The molecule has 1 atom stereocenters. The van der Waals surface area contributed by atoms with Crippen molar-refractivity contribution >= 4 is 0 Å².